The lowest BCUT2D eigenvalue weighted by Crippen LogP contribution is -2.40. The van der Waals surface area contributed by atoms with Gasteiger partial charge in [-0.05, 0) is 37.7 Å². The largest absolute Gasteiger partial charge is 0.356 e. The molecule has 6 nitrogen and oxygen atoms in total. The van der Waals surface area contributed by atoms with Gasteiger partial charge in [-0.15, -0.1) is 0 Å². The summed E-state index contributed by atoms with van der Waals surface area (Å²) in [5.74, 6) is 1.10. The maximum absolute atomic E-state index is 12.5. The van der Waals surface area contributed by atoms with Crippen LogP contribution in [0.5, 0.6) is 0 Å². The number of aryl methyl sites for hydroxylation is 2. The summed E-state index contributed by atoms with van der Waals surface area (Å²) in [6.45, 7) is 6.28. The summed E-state index contributed by atoms with van der Waals surface area (Å²) in [6.07, 6.45) is 1.83. The van der Waals surface area contributed by atoms with Gasteiger partial charge >= 0.3 is 0 Å². The van der Waals surface area contributed by atoms with E-state index in [-0.39, 0.29) is 11.8 Å². The van der Waals surface area contributed by atoms with E-state index in [9.17, 15) is 9.59 Å². The molecule has 0 radical (unpaired) electrons. The van der Waals surface area contributed by atoms with Gasteiger partial charge in [0.15, 0.2) is 0 Å². The van der Waals surface area contributed by atoms with Gasteiger partial charge in [0.1, 0.15) is 0 Å². The number of hydrogen-bond acceptors (Lipinski definition) is 3. The Bertz CT molecular complexity index is 608. The zero-order valence-electron chi connectivity index (χ0n) is 13.6. The Kier molecular flexibility index (Phi) is 3.93. The fourth-order valence-corrected chi connectivity index (χ4v) is 3.73. The molecular weight excluding hydrogens is 280 g/mol. The number of piperidine rings is 1. The molecule has 2 aliphatic rings. The number of nitrogens with zero attached hydrogens (tertiary/aromatic N) is 3. The Labute approximate surface area is 130 Å². The van der Waals surface area contributed by atoms with Gasteiger partial charge in [-0.2, -0.15) is 5.10 Å². The summed E-state index contributed by atoms with van der Waals surface area (Å²) in [6, 6.07) is 0. The molecule has 120 valence electrons. The maximum atomic E-state index is 12.5. The van der Waals surface area contributed by atoms with Crippen LogP contribution in [0, 0.1) is 25.7 Å². The van der Waals surface area contributed by atoms with E-state index in [1.54, 1.807) is 0 Å². The van der Waals surface area contributed by atoms with Crippen molar-refractivity contribution in [1.29, 1.82) is 0 Å². The lowest BCUT2D eigenvalue weighted by atomic mass is 9.89. The highest BCUT2D eigenvalue weighted by Crippen LogP contribution is 2.29. The SMILES string of the molecule is Cc1nn(C)c(C)c1CCC(=O)N1C[C@H]2CNC(=O)C[C@H]2C1. The minimum absolute atomic E-state index is 0.122. The lowest BCUT2D eigenvalue weighted by molar-refractivity contribution is -0.130. The summed E-state index contributed by atoms with van der Waals surface area (Å²) in [5, 5.41) is 7.30. The molecule has 2 fully saturated rings. The number of rotatable bonds is 3. The van der Waals surface area contributed by atoms with Crippen LogP contribution in [0.15, 0.2) is 0 Å². The molecule has 0 bridgehead atoms. The molecule has 2 saturated heterocycles. The van der Waals surface area contributed by atoms with Gasteiger partial charge in [-0.25, -0.2) is 0 Å². The first kappa shape index (κ1) is 15.1. The molecule has 1 aromatic rings. The van der Waals surface area contributed by atoms with Gasteiger partial charge in [0.25, 0.3) is 0 Å². The van der Waals surface area contributed by atoms with Crippen molar-refractivity contribution >= 4 is 11.8 Å². The highest BCUT2D eigenvalue weighted by molar-refractivity contribution is 5.79. The number of aromatic nitrogens is 2. The molecule has 1 N–H and O–H groups in total. The van der Waals surface area contributed by atoms with Crippen molar-refractivity contribution in [1.82, 2.24) is 20.0 Å². The zero-order chi connectivity index (χ0) is 15.9. The minimum Gasteiger partial charge on any atom is -0.356 e. The number of amides is 2. The third-order valence-electron chi connectivity index (χ3n) is 5.19. The quantitative estimate of drug-likeness (QED) is 0.887. The van der Waals surface area contributed by atoms with Gasteiger partial charge in [-0.1, -0.05) is 0 Å². The lowest BCUT2D eigenvalue weighted by Gasteiger charge is -2.23. The first-order chi connectivity index (χ1) is 10.5. The monoisotopic (exact) mass is 304 g/mol. The smallest absolute Gasteiger partial charge is 0.222 e. The fourth-order valence-electron chi connectivity index (χ4n) is 3.73. The maximum Gasteiger partial charge on any atom is 0.222 e. The molecular formula is C16H24N4O2. The number of carbonyl (C=O) groups is 2. The summed E-state index contributed by atoms with van der Waals surface area (Å²) >= 11 is 0. The van der Waals surface area contributed by atoms with E-state index in [2.05, 4.69) is 10.4 Å². The van der Waals surface area contributed by atoms with Crippen LogP contribution in [0.1, 0.15) is 29.8 Å². The molecule has 1 aromatic heterocycles. The predicted octanol–water partition coefficient (Wildman–Crippen LogP) is 0.564. The Morgan fingerprint density at radius 1 is 1.32 bits per heavy atom. The van der Waals surface area contributed by atoms with Gasteiger partial charge in [0.2, 0.25) is 11.8 Å². The third kappa shape index (κ3) is 2.74. The van der Waals surface area contributed by atoms with Crippen molar-refractivity contribution in [2.24, 2.45) is 18.9 Å². The van der Waals surface area contributed by atoms with Crippen LogP contribution < -0.4 is 5.32 Å². The van der Waals surface area contributed by atoms with Crippen LogP contribution in [-0.2, 0) is 23.1 Å². The Morgan fingerprint density at radius 2 is 2.05 bits per heavy atom. The summed E-state index contributed by atoms with van der Waals surface area (Å²) < 4.78 is 1.87. The number of fused-ring (bicyclic) bond motifs is 1. The van der Waals surface area contributed by atoms with Crippen molar-refractivity contribution in [3.8, 4) is 0 Å². The molecule has 2 amide bonds. The second kappa shape index (κ2) is 5.74. The van der Waals surface area contributed by atoms with Crippen LogP contribution >= 0.6 is 0 Å². The standard InChI is InChI=1S/C16H24N4O2/c1-10-14(11(2)19(3)18-10)4-5-16(22)20-8-12-6-15(21)17-7-13(12)9-20/h12-13H,4-9H2,1-3H3,(H,17,21)/t12-,13+/m0/s1. The van der Waals surface area contributed by atoms with Crippen molar-refractivity contribution in [3.63, 3.8) is 0 Å². The number of carbonyl (C=O) groups excluding carboxylic acids is 2. The molecule has 0 unspecified atom stereocenters. The highest BCUT2D eigenvalue weighted by Gasteiger charge is 2.38. The summed E-state index contributed by atoms with van der Waals surface area (Å²) in [5.41, 5.74) is 3.33. The van der Waals surface area contributed by atoms with E-state index >= 15 is 0 Å². The third-order valence-corrected chi connectivity index (χ3v) is 5.19. The number of hydrogen-bond donors (Lipinski definition) is 1. The number of nitrogens with one attached hydrogen (secondary N) is 1. The van der Waals surface area contributed by atoms with Crippen molar-refractivity contribution in [3.05, 3.63) is 17.0 Å². The molecule has 22 heavy (non-hydrogen) atoms. The van der Waals surface area contributed by atoms with E-state index in [1.165, 1.54) is 5.56 Å². The Balaban J connectivity index is 1.58. The molecule has 3 rings (SSSR count). The molecule has 3 heterocycles. The van der Waals surface area contributed by atoms with Crippen molar-refractivity contribution in [2.45, 2.75) is 33.1 Å². The summed E-state index contributed by atoms with van der Waals surface area (Å²) in [7, 11) is 1.93. The van der Waals surface area contributed by atoms with E-state index in [1.807, 2.05) is 30.5 Å². The van der Waals surface area contributed by atoms with Crippen LogP contribution in [-0.4, -0.2) is 46.1 Å². The molecule has 0 aromatic carbocycles. The Hall–Kier alpha value is -1.85. The Morgan fingerprint density at radius 3 is 2.73 bits per heavy atom. The van der Waals surface area contributed by atoms with E-state index in [4.69, 9.17) is 0 Å². The molecule has 2 aliphatic heterocycles. The predicted molar refractivity (Wildman–Crippen MR) is 82.2 cm³/mol. The topological polar surface area (TPSA) is 67.2 Å². The highest BCUT2D eigenvalue weighted by atomic mass is 16.2. The van der Waals surface area contributed by atoms with E-state index in [0.717, 1.165) is 30.9 Å². The van der Waals surface area contributed by atoms with Crippen molar-refractivity contribution in [2.75, 3.05) is 19.6 Å². The molecule has 0 saturated carbocycles. The second-order valence-corrected chi connectivity index (χ2v) is 6.60. The number of likely N-dealkylation sites (tertiary alicyclic amines) is 1. The second-order valence-electron chi connectivity index (χ2n) is 6.60. The molecule has 0 spiro atoms. The van der Waals surface area contributed by atoms with Crippen LogP contribution in [0.4, 0.5) is 0 Å². The first-order valence-corrected chi connectivity index (χ1v) is 7.99. The van der Waals surface area contributed by atoms with Gasteiger partial charge in [-0.3, -0.25) is 14.3 Å². The minimum atomic E-state index is 0.122. The van der Waals surface area contributed by atoms with E-state index in [0.29, 0.717) is 31.2 Å². The molecule has 0 aliphatic carbocycles. The normalized spacial score (nSPS) is 24.3. The zero-order valence-corrected chi connectivity index (χ0v) is 13.6. The van der Waals surface area contributed by atoms with E-state index < -0.39 is 0 Å². The van der Waals surface area contributed by atoms with Crippen LogP contribution in [0.25, 0.3) is 0 Å². The van der Waals surface area contributed by atoms with Crippen LogP contribution in [0.3, 0.4) is 0 Å². The van der Waals surface area contributed by atoms with Crippen molar-refractivity contribution < 1.29 is 9.59 Å². The average molecular weight is 304 g/mol. The average Bonchev–Trinajstić information content (AvgIpc) is 2.99. The van der Waals surface area contributed by atoms with Crippen LogP contribution in [0.2, 0.25) is 0 Å². The first-order valence-electron chi connectivity index (χ1n) is 7.99. The molecule has 2 atom stereocenters. The fraction of sp³-hybridized carbons (Fsp3) is 0.688. The van der Waals surface area contributed by atoms with Gasteiger partial charge in [0, 0.05) is 45.2 Å². The molecule has 6 heteroatoms. The van der Waals surface area contributed by atoms with Gasteiger partial charge in [0.05, 0.1) is 5.69 Å². The summed E-state index contributed by atoms with van der Waals surface area (Å²) in [4.78, 5) is 25.9. The van der Waals surface area contributed by atoms with Gasteiger partial charge < -0.3 is 10.2 Å².